The molecule has 0 radical (unpaired) electrons. The van der Waals surface area contributed by atoms with Gasteiger partial charge in [-0.25, -0.2) is 15.0 Å². The van der Waals surface area contributed by atoms with Crippen LogP contribution in [0.15, 0.2) is 182 Å². The Morgan fingerprint density at radius 3 is 0.836 bits per heavy atom. The van der Waals surface area contributed by atoms with Crippen molar-refractivity contribution < 1.29 is 19.5 Å². The van der Waals surface area contributed by atoms with Crippen LogP contribution in [0.3, 0.4) is 0 Å². The van der Waals surface area contributed by atoms with Gasteiger partial charge in [0.1, 0.15) is 17.1 Å². The number of hydrogen-bond acceptors (Lipinski definition) is 6. The first kappa shape index (κ1) is 39.1. The Morgan fingerprint density at radius 2 is 0.557 bits per heavy atom. The van der Waals surface area contributed by atoms with E-state index in [2.05, 4.69) is 116 Å². The summed E-state index contributed by atoms with van der Waals surface area (Å²) in [5.74, 6) is 2.70. The molecule has 6 aromatic heterocycles. The van der Waals surface area contributed by atoms with Gasteiger partial charge < -0.3 is 13.7 Å². The van der Waals surface area contributed by atoms with Gasteiger partial charge in [0.15, 0.2) is 17.5 Å². The molecule has 0 saturated heterocycles. The fourth-order valence-electron chi connectivity index (χ4n) is 7.74. The number of aryl methyl sites for hydroxylation is 3. The van der Waals surface area contributed by atoms with Gasteiger partial charge in [-0.05, 0) is 70.8 Å². The smallest absolute Gasteiger partial charge is 0.159 e. The van der Waals surface area contributed by atoms with E-state index in [1.54, 1.807) is 0 Å². The van der Waals surface area contributed by atoms with Crippen molar-refractivity contribution in [2.45, 2.75) is 0 Å². The van der Waals surface area contributed by atoms with Gasteiger partial charge in [-0.1, -0.05) is 109 Å². The van der Waals surface area contributed by atoms with Crippen LogP contribution in [0.5, 0.6) is 0 Å². The van der Waals surface area contributed by atoms with Crippen molar-refractivity contribution in [1.82, 2.24) is 43.6 Å². The number of rotatable bonds is 3. The maximum absolute atomic E-state index is 4.69. The van der Waals surface area contributed by atoms with Gasteiger partial charge in [0.25, 0.3) is 0 Å². The summed E-state index contributed by atoms with van der Waals surface area (Å²) in [6.45, 7) is 0. The Balaban J connectivity index is 0.000000116. The number of hydrogen-bond donors (Lipinski definition) is 0. The molecule has 0 N–H and O–H groups in total. The Morgan fingerprint density at radius 1 is 0.311 bits per heavy atom. The number of aromatic nitrogens is 9. The molecule has 0 unspecified atom stereocenters. The van der Waals surface area contributed by atoms with Crippen LogP contribution in [-0.4, -0.2) is 43.6 Å². The average molecular weight is 879 g/mol. The molecule has 6 heterocycles. The summed E-state index contributed by atoms with van der Waals surface area (Å²) >= 11 is 0. The van der Waals surface area contributed by atoms with E-state index in [9.17, 15) is 0 Å². The van der Waals surface area contributed by atoms with E-state index in [1.165, 1.54) is 16.2 Å². The Bertz CT molecular complexity index is 3140. The molecular weight excluding hydrogens is 840 g/mol. The Kier molecular flexibility index (Phi) is 10.7. The minimum atomic E-state index is 0. The molecule has 6 aromatic carbocycles. The Labute approximate surface area is 364 Å². The molecular formula is C51H39N9Ru. The van der Waals surface area contributed by atoms with Crippen LogP contribution in [0, 0.1) is 0 Å². The number of benzene rings is 6. The van der Waals surface area contributed by atoms with Crippen molar-refractivity contribution in [1.29, 1.82) is 0 Å². The summed E-state index contributed by atoms with van der Waals surface area (Å²) in [5.41, 5.74) is 9.08. The van der Waals surface area contributed by atoms with Crippen molar-refractivity contribution in [3.63, 3.8) is 0 Å². The van der Waals surface area contributed by atoms with Gasteiger partial charge >= 0.3 is 0 Å². The quantitative estimate of drug-likeness (QED) is 0.164. The van der Waals surface area contributed by atoms with Gasteiger partial charge in [-0.15, -0.1) is 0 Å². The molecule has 296 valence electrons. The van der Waals surface area contributed by atoms with Gasteiger partial charge in [0, 0.05) is 75.4 Å². The van der Waals surface area contributed by atoms with Crippen molar-refractivity contribution >= 4 is 65.4 Å². The zero-order valence-electron chi connectivity index (χ0n) is 33.7. The Hall–Kier alpha value is -7.42. The standard InChI is InChI=1S/3C17H13N3.Ru/c3*1-20-16-9-5-4-8-14(16)19-17(20)15-10-12-6-2-3-7-13(12)11-18-15;/h3*2-11H,1H3;. The van der Waals surface area contributed by atoms with Crippen LogP contribution in [0.4, 0.5) is 0 Å². The second-order valence-electron chi connectivity index (χ2n) is 14.7. The van der Waals surface area contributed by atoms with E-state index in [4.69, 9.17) is 0 Å². The van der Waals surface area contributed by atoms with E-state index >= 15 is 0 Å². The van der Waals surface area contributed by atoms with Gasteiger partial charge in [-0.3, -0.25) is 15.0 Å². The van der Waals surface area contributed by atoms with Crippen LogP contribution in [0.2, 0.25) is 0 Å². The first-order chi connectivity index (χ1) is 29.5. The molecule has 0 atom stereocenters. The molecule has 0 spiro atoms. The number of para-hydroxylation sites is 6. The van der Waals surface area contributed by atoms with Crippen molar-refractivity contribution in [3.05, 3.63) is 182 Å². The molecule has 0 aliphatic heterocycles. The van der Waals surface area contributed by atoms with Crippen molar-refractivity contribution in [3.8, 4) is 34.6 Å². The summed E-state index contributed by atoms with van der Waals surface area (Å²) in [4.78, 5) is 27.7. The van der Waals surface area contributed by atoms with E-state index in [0.29, 0.717) is 0 Å². The number of nitrogens with zero attached hydrogens (tertiary/aromatic N) is 9. The first-order valence-corrected chi connectivity index (χ1v) is 19.8. The van der Waals surface area contributed by atoms with Crippen molar-refractivity contribution in [2.24, 2.45) is 21.1 Å². The third kappa shape index (κ3) is 7.54. The normalized spacial score (nSPS) is 11.1. The maximum Gasteiger partial charge on any atom is 0.159 e. The van der Waals surface area contributed by atoms with Crippen LogP contribution >= 0.6 is 0 Å². The van der Waals surface area contributed by atoms with Crippen LogP contribution in [0.25, 0.3) is 100.0 Å². The molecule has 9 nitrogen and oxygen atoms in total. The fraction of sp³-hybridized carbons (Fsp3) is 0.0588. The molecule has 61 heavy (non-hydrogen) atoms. The average Bonchev–Trinajstić information content (AvgIpc) is 3.96. The zero-order valence-corrected chi connectivity index (χ0v) is 35.4. The second kappa shape index (κ2) is 16.7. The first-order valence-electron chi connectivity index (χ1n) is 19.8. The minimum absolute atomic E-state index is 0. The molecule has 0 amide bonds. The molecule has 0 aliphatic carbocycles. The van der Waals surface area contributed by atoms with Crippen LogP contribution in [-0.2, 0) is 40.6 Å². The zero-order chi connectivity index (χ0) is 40.6. The van der Waals surface area contributed by atoms with Gasteiger partial charge in [-0.2, -0.15) is 0 Å². The minimum Gasteiger partial charge on any atom is -0.326 e. The van der Waals surface area contributed by atoms with E-state index in [0.717, 1.165) is 83.8 Å². The summed E-state index contributed by atoms with van der Waals surface area (Å²) in [7, 11) is 6.09. The molecule has 0 bridgehead atoms. The number of pyridine rings is 3. The maximum atomic E-state index is 4.69. The number of imidazole rings is 3. The molecule has 12 rings (SSSR count). The van der Waals surface area contributed by atoms with Gasteiger partial charge in [0.2, 0.25) is 0 Å². The van der Waals surface area contributed by atoms with Gasteiger partial charge in [0.05, 0.1) is 33.1 Å². The van der Waals surface area contributed by atoms with Crippen molar-refractivity contribution in [2.75, 3.05) is 0 Å². The summed E-state index contributed by atoms with van der Waals surface area (Å²) in [6, 6.07) is 55.4. The summed E-state index contributed by atoms with van der Waals surface area (Å²) < 4.78 is 6.27. The third-order valence-corrected chi connectivity index (χ3v) is 10.9. The topological polar surface area (TPSA) is 92.1 Å². The fourth-order valence-corrected chi connectivity index (χ4v) is 7.74. The van der Waals surface area contributed by atoms with E-state index in [-0.39, 0.29) is 19.5 Å². The molecule has 0 saturated carbocycles. The largest absolute Gasteiger partial charge is 0.326 e. The predicted molar refractivity (Wildman–Crippen MR) is 244 cm³/mol. The molecule has 10 heteroatoms. The molecule has 12 aromatic rings. The summed E-state index contributed by atoms with van der Waals surface area (Å²) in [5, 5.41) is 7.00. The second-order valence-corrected chi connectivity index (χ2v) is 14.7. The monoisotopic (exact) mass is 879 g/mol. The summed E-state index contributed by atoms with van der Waals surface area (Å²) in [6.07, 6.45) is 5.72. The molecule has 0 aliphatic rings. The SMILES string of the molecule is Cn1c(-c2cc3ccccc3cn2)nc2ccccc21.Cn1c(-c2cc3ccccc3cn2)nc2ccccc21.Cn1c(-c2cc3ccccc3cn2)nc2ccccc21.[Ru]. The van der Waals surface area contributed by atoms with Crippen LogP contribution < -0.4 is 0 Å². The van der Waals surface area contributed by atoms with E-state index < -0.39 is 0 Å². The third-order valence-electron chi connectivity index (χ3n) is 10.9. The van der Waals surface area contributed by atoms with E-state index in [1.807, 2.05) is 131 Å². The predicted octanol–water partition coefficient (Wildman–Crippen LogP) is 11.4. The van der Waals surface area contributed by atoms with Crippen LogP contribution in [0.1, 0.15) is 0 Å². The number of fused-ring (bicyclic) bond motifs is 6. The molecule has 0 fully saturated rings.